The van der Waals surface area contributed by atoms with Crippen molar-refractivity contribution in [3.8, 4) is 11.5 Å². The molecule has 9 heteroatoms. The first-order valence-electron chi connectivity index (χ1n) is 9.41. The molecule has 2 aliphatic heterocycles. The highest BCUT2D eigenvalue weighted by Gasteiger charge is 2.35. The smallest absolute Gasteiger partial charge is 0.410 e. The fraction of sp³-hybridized carbons (Fsp3) is 0.400. The SMILES string of the molecule is CCOC(=O)N1CCc2c(sc3c2C(=O)N[C@@H](c2ccc(OC)cc2OC)N3)C1. The van der Waals surface area contributed by atoms with Gasteiger partial charge in [0.05, 0.1) is 32.9 Å². The highest BCUT2D eigenvalue weighted by atomic mass is 32.1. The average Bonchev–Trinajstić information content (AvgIpc) is 3.11. The number of amides is 2. The van der Waals surface area contributed by atoms with Crippen LogP contribution >= 0.6 is 11.3 Å². The molecule has 0 radical (unpaired) electrons. The molecule has 1 aromatic carbocycles. The third kappa shape index (κ3) is 3.46. The summed E-state index contributed by atoms with van der Waals surface area (Å²) in [6, 6.07) is 5.49. The largest absolute Gasteiger partial charge is 0.497 e. The minimum atomic E-state index is -0.419. The number of carbonyl (C=O) groups excluding carboxylic acids is 2. The first kappa shape index (κ1) is 19.4. The number of hydrogen-bond donors (Lipinski definition) is 2. The van der Waals surface area contributed by atoms with Gasteiger partial charge in [-0.3, -0.25) is 4.79 Å². The van der Waals surface area contributed by atoms with E-state index in [2.05, 4.69) is 10.6 Å². The molecule has 0 spiro atoms. The van der Waals surface area contributed by atoms with Crippen molar-refractivity contribution in [3.63, 3.8) is 0 Å². The fourth-order valence-electron chi connectivity index (χ4n) is 3.70. The summed E-state index contributed by atoms with van der Waals surface area (Å²) in [4.78, 5) is 27.7. The van der Waals surface area contributed by atoms with Crippen molar-refractivity contribution in [2.45, 2.75) is 26.1 Å². The van der Waals surface area contributed by atoms with Crippen LogP contribution in [0.2, 0.25) is 0 Å². The number of anilines is 1. The zero-order valence-corrected chi connectivity index (χ0v) is 17.4. The van der Waals surface area contributed by atoms with E-state index in [1.807, 2.05) is 12.1 Å². The van der Waals surface area contributed by atoms with E-state index >= 15 is 0 Å². The van der Waals surface area contributed by atoms with Crippen molar-refractivity contribution < 1.29 is 23.8 Å². The number of carbonyl (C=O) groups is 2. The van der Waals surface area contributed by atoms with E-state index in [-0.39, 0.29) is 12.0 Å². The molecule has 4 rings (SSSR count). The van der Waals surface area contributed by atoms with Crippen molar-refractivity contribution in [1.29, 1.82) is 0 Å². The molecule has 2 amide bonds. The maximum Gasteiger partial charge on any atom is 0.410 e. The van der Waals surface area contributed by atoms with Gasteiger partial charge in [-0.05, 0) is 31.0 Å². The average molecular weight is 417 g/mol. The van der Waals surface area contributed by atoms with Crippen LogP contribution in [0.4, 0.5) is 9.80 Å². The van der Waals surface area contributed by atoms with Gasteiger partial charge in [0.1, 0.15) is 22.7 Å². The predicted molar refractivity (Wildman–Crippen MR) is 109 cm³/mol. The van der Waals surface area contributed by atoms with Crippen LogP contribution < -0.4 is 20.1 Å². The van der Waals surface area contributed by atoms with Crippen LogP contribution in [-0.4, -0.2) is 44.3 Å². The van der Waals surface area contributed by atoms with Crippen LogP contribution in [0, 0.1) is 0 Å². The molecule has 0 saturated carbocycles. The molecule has 154 valence electrons. The summed E-state index contributed by atoms with van der Waals surface area (Å²) in [5, 5.41) is 7.25. The van der Waals surface area contributed by atoms with Crippen LogP contribution in [0.1, 0.15) is 39.5 Å². The zero-order chi connectivity index (χ0) is 20.5. The van der Waals surface area contributed by atoms with Gasteiger partial charge < -0.3 is 29.7 Å². The second-order valence-electron chi connectivity index (χ2n) is 6.74. The molecule has 8 nitrogen and oxygen atoms in total. The molecule has 2 aromatic rings. The van der Waals surface area contributed by atoms with Crippen molar-refractivity contribution in [1.82, 2.24) is 10.2 Å². The second-order valence-corrected chi connectivity index (χ2v) is 7.84. The number of hydrogen-bond acceptors (Lipinski definition) is 7. The van der Waals surface area contributed by atoms with E-state index in [1.54, 1.807) is 32.1 Å². The summed E-state index contributed by atoms with van der Waals surface area (Å²) in [7, 11) is 3.18. The molecular weight excluding hydrogens is 394 g/mol. The molecule has 0 aliphatic carbocycles. The molecular formula is C20H23N3O5S. The van der Waals surface area contributed by atoms with Crippen LogP contribution in [0.15, 0.2) is 18.2 Å². The highest BCUT2D eigenvalue weighted by molar-refractivity contribution is 7.16. The van der Waals surface area contributed by atoms with Crippen molar-refractivity contribution >= 4 is 28.3 Å². The van der Waals surface area contributed by atoms with Gasteiger partial charge in [0.15, 0.2) is 0 Å². The Bertz CT molecular complexity index is 958. The molecule has 0 unspecified atom stereocenters. The van der Waals surface area contributed by atoms with Gasteiger partial charge in [-0.2, -0.15) is 0 Å². The fourth-order valence-corrected chi connectivity index (χ4v) is 4.99. The normalized spacial score (nSPS) is 17.6. The maximum absolute atomic E-state index is 12.9. The lowest BCUT2D eigenvalue weighted by atomic mass is 10.0. The van der Waals surface area contributed by atoms with E-state index < -0.39 is 6.17 Å². The standard InChI is InChI=1S/C20H23N3O5S/c1-4-28-20(25)23-8-7-13-15(10-23)29-19-16(13)18(24)21-17(22-19)12-6-5-11(26-2)9-14(12)27-3/h5-6,9,17,22H,4,7-8,10H2,1-3H3,(H,21,24)/t17-/m1/s1. The van der Waals surface area contributed by atoms with Crippen LogP contribution in [0.5, 0.6) is 11.5 Å². The summed E-state index contributed by atoms with van der Waals surface area (Å²) in [5.41, 5.74) is 2.50. The van der Waals surface area contributed by atoms with E-state index in [1.165, 1.54) is 11.3 Å². The van der Waals surface area contributed by atoms with Gasteiger partial charge in [-0.15, -0.1) is 11.3 Å². The Kier molecular flexibility index (Phi) is 5.23. The van der Waals surface area contributed by atoms with E-state index in [0.29, 0.717) is 43.2 Å². The van der Waals surface area contributed by atoms with Crippen LogP contribution in [0.25, 0.3) is 0 Å². The minimum absolute atomic E-state index is 0.122. The molecule has 29 heavy (non-hydrogen) atoms. The Hall–Kier alpha value is -2.94. The second kappa shape index (κ2) is 7.82. The Morgan fingerprint density at radius 1 is 1.28 bits per heavy atom. The van der Waals surface area contributed by atoms with Crippen molar-refractivity contribution in [2.24, 2.45) is 0 Å². The number of ether oxygens (including phenoxy) is 3. The predicted octanol–water partition coefficient (Wildman–Crippen LogP) is 3.13. The molecule has 0 bridgehead atoms. The topological polar surface area (TPSA) is 89.1 Å². The summed E-state index contributed by atoms with van der Waals surface area (Å²) in [5.74, 6) is 1.18. The Morgan fingerprint density at radius 3 is 2.83 bits per heavy atom. The van der Waals surface area contributed by atoms with Crippen molar-refractivity contribution in [2.75, 3.05) is 32.7 Å². The van der Waals surface area contributed by atoms with Crippen LogP contribution in [-0.2, 0) is 17.7 Å². The molecule has 0 saturated heterocycles. The summed E-state index contributed by atoms with van der Waals surface area (Å²) < 4.78 is 15.8. The minimum Gasteiger partial charge on any atom is -0.497 e. The lowest BCUT2D eigenvalue weighted by Gasteiger charge is -2.29. The molecule has 0 fully saturated rings. The first-order chi connectivity index (χ1) is 14.0. The molecule has 3 heterocycles. The van der Waals surface area contributed by atoms with E-state index in [9.17, 15) is 9.59 Å². The van der Waals surface area contributed by atoms with Gasteiger partial charge in [0.2, 0.25) is 0 Å². The molecule has 1 atom stereocenters. The maximum atomic E-state index is 12.9. The Morgan fingerprint density at radius 2 is 2.10 bits per heavy atom. The summed E-state index contributed by atoms with van der Waals surface area (Å²) >= 11 is 1.51. The quantitative estimate of drug-likeness (QED) is 0.795. The Labute approximate surface area is 172 Å². The number of methoxy groups -OCH3 is 2. The molecule has 2 N–H and O–H groups in total. The molecule has 2 aliphatic rings. The third-order valence-corrected chi connectivity index (χ3v) is 6.26. The number of rotatable bonds is 4. The number of thiophene rings is 1. The van der Waals surface area contributed by atoms with Gasteiger partial charge in [0, 0.05) is 23.1 Å². The van der Waals surface area contributed by atoms with E-state index in [0.717, 1.165) is 21.0 Å². The van der Waals surface area contributed by atoms with E-state index in [4.69, 9.17) is 14.2 Å². The van der Waals surface area contributed by atoms with Gasteiger partial charge in [-0.1, -0.05) is 0 Å². The van der Waals surface area contributed by atoms with Crippen molar-refractivity contribution in [3.05, 3.63) is 39.8 Å². The number of benzene rings is 1. The number of fused-ring (bicyclic) bond motifs is 3. The number of nitrogens with zero attached hydrogens (tertiary/aromatic N) is 1. The first-order valence-corrected chi connectivity index (χ1v) is 10.2. The van der Waals surface area contributed by atoms with Gasteiger partial charge in [0.25, 0.3) is 5.91 Å². The monoisotopic (exact) mass is 417 g/mol. The molecule has 1 aromatic heterocycles. The third-order valence-electron chi connectivity index (χ3n) is 5.11. The highest BCUT2D eigenvalue weighted by Crippen LogP contribution is 2.42. The Balaban J connectivity index is 1.61. The zero-order valence-electron chi connectivity index (χ0n) is 16.5. The lowest BCUT2D eigenvalue weighted by molar-refractivity contribution is 0.0933. The van der Waals surface area contributed by atoms with Crippen LogP contribution in [0.3, 0.4) is 0 Å². The van der Waals surface area contributed by atoms with Gasteiger partial charge >= 0.3 is 6.09 Å². The number of nitrogens with one attached hydrogen (secondary N) is 2. The summed E-state index contributed by atoms with van der Waals surface area (Å²) in [6.45, 7) is 3.13. The van der Waals surface area contributed by atoms with Gasteiger partial charge in [-0.25, -0.2) is 4.79 Å². The summed E-state index contributed by atoms with van der Waals surface area (Å²) in [6.07, 6.45) is -0.106. The lowest BCUT2D eigenvalue weighted by Crippen LogP contribution is -2.39.